The number of benzene rings is 1. The van der Waals surface area contributed by atoms with E-state index in [1.54, 1.807) is 0 Å². The Morgan fingerprint density at radius 1 is 1.29 bits per heavy atom. The molecule has 1 aliphatic heterocycles. The lowest BCUT2D eigenvalue weighted by atomic mass is 10.0. The molecule has 2 N–H and O–H groups in total. The summed E-state index contributed by atoms with van der Waals surface area (Å²) in [7, 11) is 2.65. The van der Waals surface area contributed by atoms with Crippen LogP contribution in [0.25, 0.3) is 0 Å². The Kier molecular flexibility index (Phi) is 2.39. The third kappa shape index (κ3) is 1.41. The zero-order chi connectivity index (χ0) is 12.8. The number of esters is 1. The second-order valence-corrected chi connectivity index (χ2v) is 3.74. The van der Waals surface area contributed by atoms with Crippen LogP contribution in [0.4, 0.5) is 0 Å². The Labute approximate surface area is 97.3 Å². The first kappa shape index (κ1) is 11.5. The Bertz CT molecular complexity index is 495. The van der Waals surface area contributed by atoms with Gasteiger partial charge in [0.15, 0.2) is 11.5 Å². The number of methoxy groups -OCH3 is 2. The fourth-order valence-electron chi connectivity index (χ4n) is 1.84. The number of carbonyl (C=O) groups is 1. The number of aromatic hydroxyl groups is 2. The van der Waals surface area contributed by atoms with Gasteiger partial charge in [0.25, 0.3) is 0 Å². The molecule has 1 heterocycles. The van der Waals surface area contributed by atoms with Crippen molar-refractivity contribution < 1.29 is 29.2 Å². The minimum atomic E-state index is -1.40. The van der Waals surface area contributed by atoms with Crippen molar-refractivity contribution in [3.63, 3.8) is 0 Å². The first-order chi connectivity index (χ1) is 7.94. The molecule has 0 saturated heterocycles. The molecule has 1 unspecified atom stereocenters. The average Bonchev–Trinajstić information content (AvgIpc) is 2.56. The lowest BCUT2D eigenvalue weighted by Gasteiger charge is -2.22. The first-order valence-electron chi connectivity index (χ1n) is 4.86. The fraction of sp³-hybridized carbons (Fsp3) is 0.364. The van der Waals surface area contributed by atoms with Gasteiger partial charge in [0.1, 0.15) is 0 Å². The molecule has 0 bridgehead atoms. The van der Waals surface area contributed by atoms with E-state index in [0.29, 0.717) is 0 Å². The minimum Gasteiger partial charge on any atom is -0.504 e. The Hall–Kier alpha value is -1.95. The van der Waals surface area contributed by atoms with E-state index in [9.17, 15) is 15.0 Å². The van der Waals surface area contributed by atoms with Crippen molar-refractivity contribution in [2.45, 2.75) is 12.7 Å². The van der Waals surface area contributed by atoms with Crippen molar-refractivity contribution in [3.8, 4) is 17.2 Å². The zero-order valence-corrected chi connectivity index (χ0v) is 9.60. The van der Waals surface area contributed by atoms with Crippen LogP contribution in [0.15, 0.2) is 6.07 Å². The molecule has 1 atom stereocenters. The minimum absolute atomic E-state index is 0.00134. The van der Waals surface area contributed by atoms with Crippen LogP contribution in [0.2, 0.25) is 0 Å². The summed E-state index contributed by atoms with van der Waals surface area (Å²) in [5.74, 6) is -2.97. The molecule has 1 aliphatic rings. The van der Waals surface area contributed by atoms with E-state index in [1.165, 1.54) is 27.2 Å². The summed E-state index contributed by atoms with van der Waals surface area (Å²) >= 11 is 0. The normalized spacial score (nSPS) is 22.2. The lowest BCUT2D eigenvalue weighted by Crippen LogP contribution is -2.24. The number of phenolic OH excluding ortho intramolecular Hbond substituents is 2. The van der Waals surface area contributed by atoms with Gasteiger partial charge in [0.2, 0.25) is 11.5 Å². The number of hydrogen-bond donors (Lipinski definition) is 2. The fourth-order valence-corrected chi connectivity index (χ4v) is 1.84. The van der Waals surface area contributed by atoms with Gasteiger partial charge in [0, 0.05) is 14.0 Å². The number of carbonyl (C=O) groups excluding carboxylic acids is 1. The van der Waals surface area contributed by atoms with Crippen molar-refractivity contribution in [3.05, 3.63) is 17.2 Å². The highest BCUT2D eigenvalue weighted by atomic mass is 16.7. The van der Waals surface area contributed by atoms with Crippen molar-refractivity contribution in [2.24, 2.45) is 0 Å². The number of phenols is 2. The van der Waals surface area contributed by atoms with Crippen molar-refractivity contribution in [1.29, 1.82) is 0 Å². The molecule has 1 aromatic rings. The highest BCUT2D eigenvalue weighted by molar-refractivity contribution is 5.96. The Balaban J connectivity index is 2.75. The molecule has 0 fully saturated rings. The summed E-state index contributed by atoms with van der Waals surface area (Å²) in [4.78, 5) is 11.6. The summed E-state index contributed by atoms with van der Waals surface area (Å²) < 4.78 is 14.9. The summed E-state index contributed by atoms with van der Waals surface area (Å²) in [5.41, 5.74) is 0.213. The van der Waals surface area contributed by atoms with Crippen LogP contribution in [-0.2, 0) is 15.3 Å². The molecule has 0 amide bonds. The standard InChI is InChI=1S/C11H12O6/c1-11(16-3)7-5(10(14)17-11)4-6(15-2)8(12)9(7)13/h4,12-13H,1-3H3. The molecule has 17 heavy (non-hydrogen) atoms. The van der Waals surface area contributed by atoms with Gasteiger partial charge < -0.3 is 24.4 Å². The van der Waals surface area contributed by atoms with Crippen LogP contribution in [0.3, 0.4) is 0 Å². The molecule has 6 heteroatoms. The van der Waals surface area contributed by atoms with Gasteiger partial charge in [0.05, 0.1) is 18.2 Å². The number of cyclic esters (lactones) is 1. The van der Waals surface area contributed by atoms with Crippen LogP contribution >= 0.6 is 0 Å². The van der Waals surface area contributed by atoms with E-state index in [4.69, 9.17) is 14.2 Å². The lowest BCUT2D eigenvalue weighted by molar-refractivity contribution is -0.173. The molecule has 1 aromatic carbocycles. The Morgan fingerprint density at radius 2 is 1.94 bits per heavy atom. The maximum Gasteiger partial charge on any atom is 0.341 e. The van der Waals surface area contributed by atoms with E-state index >= 15 is 0 Å². The van der Waals surface area contributed by atoms with Gasteiger partial charge >= 0.3 is 5.97 Å². The third-order valence-corrected chi connectivity index (χ3v) is 2.81. The van der Waals surface area contributed by atoms with Gasteiger partial charge in [-0.1, -0.05) is 0 Å². The molecule has 0 spiro atoms. The topological polar surface area (TPSA) is 85.2 Å². The van der Waals surface area contributed by atoms with Crippen LogP contribution in [-0.4, -0.2) is 30.4 Å². The second kappa shape index (κ2) is 3.53. The average molecular weight is 240 g/mol. The molecule has 92 valence electrons. The molecular formula is C11H12O6. The SMILES string of the molecule is COc1cc2c(c(O)c1O)C(C)(OC)OC2=O. The molecule has 2 rings (SSSR count). The summed E-state index contributed by atoms with van der Waals surface area (Å²) in [6.45, 7) is 1.47. The van der Waals surface area contributed by atoms with Crippen molar-refractivity contribution >= 4 is 5.97 Å². The van der Waals surface area contributed by atoms with E-state index in [1.807, 2.05) is 0 Å². The van der Waals surface area contributed by atoms with E-state index in [2.05, 4.69) is 0 Å². The number of hydrogen-bond acceptors (Lipinski definition) is 6. The van der Waals surface area contributed by atoms with Gasteiger partial charge in [-0.15, -0.1) is 0 Å². The first-order valence-corrected chi connectivity index (χ1v) is 4.86. The maximum atomic E-state index is 11.6. The van der Waals surface area contributed by atoms with Crippen LogP contribution < -0.4 is 4.74 Å². The van der Waals surface area contributed by atoms with Gasteiger partial charge in [-0.3, -0.25) is 0 Å². The molecular weight excluding hydrogens is 228 g/mol. The van der Waals surface area contributed by atoms with E-state index in [-0.39, 0.29) is 16.9 Å². The molecule has 0 saturated carbocycles. The molecule has 6 nitrogen and oxygen atoms in total. The molecule has 0 aliphatic carbocycles. The van der Waals surface area contributed by atoms with Gasteiger partial charge in [-0.2, -0.15) is 0 Å². The van der Waals surface area contributed by atoms with Gasteiger partial charge in [-0.25, -0.2) is 4.79 Å². The van der Waals surface area contributed by atoms with E-state index < -0.39 is 23.3 Å². The maximum absolute atomic E-state index is 11.6. The molecule has 0 radical (unpaired) electrons. The monoisotopic (exact) mass is 240 g/mol. The number of rotatable bonds is 2. The number of fused-ring (bicyclic) bond motifs is 1. The summed E-state index contributed by atoms with van der Waals surface area (Å²) in [6, 6.07) is 1.30. The summed E-state index contributed by atoms with van der Waals surface area (Å²) in [5, 5.41) is 19.6. The van der Waals surface area contributed by atoms with Gasteiger partial charge in [-0.05, 0) is 6.07 Å². The molecule has 0 aromatic heterocycles. The number of ether oxygens (including phenoxy) is 3. The largest absolute Gasteiger partial charge is 0.504 e. The second-order valence-electron chi connectivity index (χ2n) is 3.74. The smallest absolute Gasteiger partial charge is 0.341 e. The highest BCUT2D eigenvalue weighted by Gasteiger charge is 2.46. The van der Waals surface area contributed by atoms with Crippen LogP contribution in [0.5, 0.6) is 17.2 Å². The third-order valence-electron chi connectivity index (χ3n) is 2.81. The highest BCUT2D eigenvalue weighted by Crippen LogP contribution is 2.49. The summed E-state index contributed by atoms with van der Waals surface area (Å²) in [6.07, 6.45) is 0. The predicted molar refractivity (Wildman–Crippen MR) is 56.1 cm³/mol. The quantitative estimate of drug-likeness (QED) is 0.594. The van der Waals surface area contributed by atoms with Crippen LogP contribution in [0, 0.1) is 0 Å². The Morgan fingerprint density at radius 3 is 2.47 bits per heavy atom. The van der Waals surface area contributed by atoms with Crippen molar-refractivity contribution in [2.75, 3.05) is 14.2 Å². The van der Waals surface area contributed by atoms with Crippen molar-refractivity contribution in [1.82, 2.24) is 0 Å². The zero-order valence-electron chi connectivity index (χ0n) is 9.60. The van der Waals surface area contributed by atoms with E-state index in [0.717, 1.165) is 0 Å². The predicted octanol–water partition coefficient (Wildman–Crippen LogP) is 1.10. The van der Waals surface area contributed by atoms with Crippen LogP contribution in [0.1, 0.15) is 22.8 Å².